The monoisotopic (exact) mass is 639 g/mol. The molecule has 3 aromatic carbocycles. The Morgan fingerprint density at radius 2 is 1.49 bits per heavy atom. The van der Waals surface area contributed by atoms with Crippen LogP contribution in [0.1, 0.15) is 36.5 Å². The molecule has 2 aliphatic heterocycles. The molecule has 1 fully saturated rings. The molecule has 1 saturated heterocycles. The summed E-state index contributed by atoms with van der Waals surface area (Å²) in [5.41, 5.74) is -4.74. The Kier molecular flexibility index (Phi) is 9.11. The number of fused-ring (bicyclic) bond motifs is 3. The number of benzene rings is 3. The Morgan fingerprint density at radius 3 is 2.09 bits per heavy atom. The lowest BCUT2D eigenvalue weighted by atomic mass is 9.91. The van der Waals surface area contributed by atoms with Crippen molar-refractivity contribution in [1.82, 2.24) is 0 Å². The number of halogens is 3. The lowest BCUT2D eigenvalue weighted by Gasteiger charge is -2.29. The van der Waals surface area contributed by atoms with Crippen LogP contribution in [0.25, 0.3) is 11.5 Å². The van der Waals surface area contributed by atoms with Gasteiger partial charge in [-0.2, -0.15) is 21.6 Å². The predicted molar refractivity (Wildman–Crippen MR) is 165 cm³/mol. The second kappa shape index (κ2) is 12.8. The van der Waals surface area contributed by atoms with Crippen molar-refractivity contribution in [3.05, 3.63) is 125 Å². The number of allylic oxidation sites excluding steroid dienone is 2. The molecule has 6 rings (SSSR count). The van der Waals surface area contributed by atoms with E-state index < -0.39 is 44.4 Å². The zero-order chi connectivity index (χ0) is 32.2. The largest absolute Gasteiger partial charge is 0.534 e. The summed E-state index contributed by atoms with van der Waals surface area (Å²) in [6, 6.07) is 25.8. The van der Waals surface area contributed by atoms with Crippen LogP contribution in [0, 0.1) is 5.92 Å². The minimum absolute atomic E-state index is 0.0600. The quantitative estimate of drug-likeness (QED) is 0.126. The molecule has 1 aliphatic carbocycles. The number of para-hydroxylation sites is 1. The summed E-state index contributed by atoms with van der Waals surface area (Å²) >= 11 is 0. The van der Waals surface area contributed by atoms with E-state index in [1.165, 1.54) is 49.8 Å². The molecular weight excluding hydrogens is 607 g/mol. The van der Waals surface area contributed by atoms with Gasteiger partial charge in [-0.3, -0.25) is 0 Å². The first-order valence-corrected chi connectivity index (χ1v) is 15.7. The van der Waals surface area contributed by atoms with Crippen LogP contribution >= 0.6 is 0 Å². The number of esters is 1. The topological polar surface area (TPSA) is 82.1 Å². The predicted octanol–water partition coefficient (Wildman–Crippen LogP) is 7.20. The van der Waals surface area contributed by atoms with Crippen LogP contribution in [0.2, 0.25) is 0 Å². The van der Waals surface area contributed by atoms with Gasteiger partial charge in [-0.15, -0.1) is 0 Å². The maximum absolute atomic E-state index is 13.2. The average Bonchev–Trinajstić information content (AvgIpc) is 3.48. The minimum Gasteiger partial charge on any atom is -0.478 e. The van der Waals surface area contributed by atoms with E-state index in [0.717, 1.165) is 12.7 Å². The molecular formula is C34H32F3NO6S. The first-order valence-electron chi connectivity index (χ1n) is 14.3. The van der Waals surface area contributed by atoms with Gasteiger partial charge < -0.3 is 18.6 Å². The van der Waals surface area contributed by atoms with Gasteiger partial charge in [0.1, 0.15) is 11.4 Å². The summed E-state index contributed by atoms with van der Waals surface area (Å²) in [4.78, 5) is 15.2. The third kappa shape index (κ3) is 6.78. The smallest absolute Gasteiger partial charge is 0.478 e. The van der Waals surface area contributed by atoms with Crippen LogP contribution in [0.3, 0.4) is 0 Å². The molecule has 0 saturated carbocycles. The van der Waals surface area contributed by atoms with E-state index >= 15 is 0 Å². The highest BCUT2D eigenvalue weighted by Gasteiger charge is 2.50. The van der Waals surface area contributed by atoms with Crippen LogP contribution in [0.15, 0.2) is 109 Å². The van der Waals surface area contributed by atoms with Gasteiger partial charge in [0, 0.05) is 35.8 Å². The minimum atomic E-state index is -6.09. The van der Waals surface area contributed by atoms with Crippen LogP contribution in [-0.2, 0) is 34.2 Å². The van der Waals surface area contributed by atoms with E-state index in [9.17, 15) is 26.4 Å². The fraction of sp³-hybridized carbons (Fsp3) is 0.265. The van der Waals surface area contributed by atoms with Crippen LogP contribution in [0.5, 0.6) is 0 Å². The normalized spacial score (nSPS) is 20.9. The molecule has 0 amide bonds. The van der Waals surface area contributed by atoms with Crippen molar-refractivity contribution < 1.29 is 40.0 Å². The average molecular weight is 640 g/mol. The number of carbonyl (C=O) groups excluding carboxylic acids is 1. The number of nitrogens with zero attached hydrogens (tertiary/aromatic N) is 1. The highest BCUT2D eigenvalue weighted by atomic mass is 32.2. The van der Waals surface area contributed by atoms with E-state index in [4.69, 9.17) is 9.47 Å². The first kappa shape index (κ1) is 31.9. The molecule has 0 aromatic heterocycles. The highest BCUT2D eigenvalue weighted by Crippen LogP contribution is 2.45. The third-order valence-corrected chi connectivity index (χ3v) is 8.70. The van der Waals surface area contributed by atoms with Crippen molar-refractivity contribution >= 4 is 33.3 Å². The summed E-state index contributed by atoms with van der Waals surface area (Å²) in [6.45, 7) is 4.28. The first-order chi connectivity index (χ1) is 21.4. The van der Waals surface area contributed by atoms with Crippen LogP contribution < -0.4 is 4.90 Å². The second-order valence-corrected chi connectivity index (χ2v) is 12.3. The molecule has 0 N–H and O–H groups in total. The van der Waals surface area contributed by atoms with Gasteiger partial charge in [-0.25, -0.2) is 4.79 Å². The van der Waals surface area contributed by atoms with Crippen molar-refractivity contribution in [2.24, 2.45) is 5.92 Å². The molecule has 2 bridgehead atoms. The zero-order valence-corrected chi connectivity index (χ0v) is 25.5. The molecule has 0 spiro atoms. The summed E-state index contributed by atoms with van der Waals surface area (Å²) in [6.07, 6.45) is 7.43. The Labute approximate surface area is 260 Å². The lowest BCUT2D eigenvalue weighted by molar-refractivity contribution is -0.136. The Bertz CT molecular complexity index is 1730. The Balaban J connectivity index is 0.000000304. The van der Waals surface area contributed by atoms with Gasteiger partial charge in [0.25, 0.3) is 0 Å². The molecule has 2 unspecified atom stereocenters. The summed E-state index contributed by atoms with van der Waals surface area (Å²) in [7, 11) is -5.05. The summed E-state index contributed by atoms with van der Waals surface area (Å²) in [5, 5.41) is 0. The van der Waals surface area contributed by atoms with E-state index in [-0.39, 0.29) is 16.9 Å². The Morgan fingerprint density at radius 1 is 0.911 bits per heavy atom. The lowest BCUT2D eigenvalue weighted by Crippen LogP contribution is -2.27. The maximum Gasteiger partial charge on any atom is 0.534 e. The SMILES string of the molecule is COC(=O)C1=C(OS(=O)(=O)C(F)(F)F)c2ccccc2C2=CC1C=CC(C)(c1ccccc1)O2.c1ccc(N2CCCC2)cc1. The molecule has 7 nitrogen and oxygen atoms in total. The molecule has 11 heteroatoms. The molecule has 45 heavy (non-hydrogen) atoms. The standard InChI is InChI=1S/C24H19F3O6S.C10H13N/c1-23(16-8-4-3-5-9-16)13-12-15-14-19(32-23)17-10-6-7-11-18(17)21(20(15)22(28)31-2)33-34(29,30)24(25,26)27;1-2-6-10(7-3-1)11-8-4-5-9-11/h3-15H,1-2H3;1-3,6-7H,4-5,8-9H2. The van der Waals surface area contributed by atoms with E-state index in [0.29, 0.717) is 0 Å². The van der Waals surface area contributed by atoms with Crippen molar-refractivity contribution in [2.45, 2.75) is 30.9 Å². The maximum atomic E-state index is 13.2. The van der Waals surface area contributed by atoms with Crippen LogP contribution in [0.4, 0.5) is 18.9 Å². The molecule has 2 heterocycles. The second-order valence-electron chi connectivity index (χ2n) is 10.8. The van der Waals surface area contributed by atoms with Gasteiger partial charge in [0.05, 0.1) is 12.7 Å². The number of hydrogen-bond acceptors (Lipinski definition) is 7. The Hall–Kier alpha value is -4.51. The molecule has 0 radical (unpaired) electrons. The number of anilines is 1. The number of carbonyl (C=O) groups is 1. The van der Waals surface area contributed by atoms with E-state index in [2.05, 4.69) is 39.4 Å². The number of rotatable bonds is 5. The molecule has 3 aliphatic rings. The third-order valence-electron chi connectivity index (χ3n) is 7.75. The van der Waals surface area contributed by atoms with Crippen molar-refractivity contribution in [2.75, 3.05) is 25.1 Å². The molecule has 3 aromatic rings. The fourth-order valence-corrected chi connectivity index (χ4v) is 5.94. The number of alkyl halides is 3. The zero-order valence-electron chi connectivity index (χ0n) is 24.7. The van der Waals surface area contributed by atoms with Crippen molar-refractivity contribution in [1.29, 1.82) is 0 Å². The fourth-order valence-electron chi connectivity index (χ4n) is 5.44. The highest BCUT2D eigenvalue weighted by molar-refractivity contribution is 7.87. The van der Waals surface area contributed by atoms with Gasteiger partial charge >= 0.3 is 21.6 Å². The molecule has 2 atom stereocenters. The van der Waals surface area contributed by atoms with Gasteiger partial charge in [0.2, 0.25) is 0 Å². The summed E-state index contributed by atoms with van der Waals surface area (Å²) < 4.78 is 79.2. The van der Waals surface area contributed by atoms with Gasteiger partial charge in [-0.1, -0.05) is 78.9 Å². The van der Waals surface area contributed by atoms with E-state index in [1.54, 1.807) is 31.2 Å². The number of methoxy groups -OCH3 is 1. The van der Waals surface area contributed by atoms with Crippen molar-refractivity contribution in [3.8, 4) is 0 Å². The van der Waals surface area contributed by atoms with Gasteiger partial charge in [0.15, 0.2) is 5.76 Å². The van der Waals surface area contributed by atoms with Gasteiger partial charge in [-0.05, 0) is 49.6 Å². The van der Waals surface area contributed by atoms with Crippen LogP contribution in [-0.4, -0.2) is 40.1 Å². The molecule has 236 valence electrons. The number of ether oxygens (including phenoxy) is 2. The van der Waals surface area contributed by atoms with Crippen molar-refractivity contribution in [3.63, 3.8) is 0 Å². The summed E-state index contributed by atoms with van der Waals surface area (Å²) in [5.74, 6) is -2.58. The number of hydrogen-bond donors (Lipinski definition) is 0. The van der Waals surface area contributed by atoms with E-state index in [1.807, 2.05) is 30.3 Å².